The van der Waals surface area contributed by atoms with Crippen molar-refractivity contribution in [3.8, 4) is 9.88 Å². The first-order valence-electron chi connectivity index (χ1n) is 4.43. The molecule has 0 fully saturated rings. The van der Waals surface area contributed by atoms with Crippen LogP contribution in [0.3, 0.4) is 0 Å². The summed E-state index contributed by atoms with van der Waals surface area (Å²) in [5.74, 6) is -0.205. The summed E-state index contributed by atoms with van der Waals surface area (Å²) in [6.07, 6.45) is 0. The van der Waals surface area contributed by atoms with Crippen LogP contribution in [0, 0.1) is 5.82 Å². The highest BCUT2D eigenvalue weighted by atomic mass is 32.1. The Labute approximate surface area is 93.8 Å². The number of rotatable bonds is 1. The first-order valence-corrected chi connectivity index (χ1v) is 6.12. The fraction of sp³-hybridized carbons (Fsp3) is 0. The van der Waals surface area contributed by atoms with Crippen LogP contribution in [0.15, 0.2) is 35.7 Å². The fourth-order valence-corrected chi connectivity index (χ4v) is 3.19. The van der Waals surface area contributed by atoms with Crippen molar-refractivity contribution in [3.63, 3.8) is 0 Å². The molecule has 1 aromatic carbocycles. The average molecular weight is 235 g/mol. The predicted molar refractivity (Wildman–Crippen MR) is 62.9 cm³/mol. The second kappa shape index (κ2) is 3.40. The Kier molecular flexibility index (Phi) is 2.04. The van der Waals surface area contributed by atoms with Crippen LogP contribution in [-0.2, 0) is 0 Å². The SMILES string of the molecule is Fc1ccc2nc(-c3cccs3)sc2c1. The Balaban J connectivity index is 2.22. The molecule has 0 saturated heterocycles. The van der Waals surface area contributed by atoms with E-state index in [0.717, 1.165) is 20.1 Å². The molecule has 0 unspecified atom stereocenters. The summed E-state index contributed by atoms with van der Waals surface area (Å²) < 4.78 is 13.9. The number of thiazole rings is 1. The Bertz CT molecular complexity index is 598. The molecule has 0 amide bonds. The molecule has 0 aliphatic carbocycles. The molecule has 0 saturated carbocycles. The number of thiophene rings is 1. The lowest BCUT2D eigenvalue weighted by Gasteiger charge is -1.85. The number of halogens is 1. The monoisotopic (exact) mass is 235 g/mol. The van der Waals surface area contributed by atoms with E-state index in [1.54, 1.807) is 17.4 Å². The molecule has 0 atom stereocenters. The number of hydrogen-bond acceptors (Lipinski definition) is 3. The zero-order chi connectivity index (χ0) is 10.3. The first kappa shape index (κ1) is 9.00. The van der Waals surface area contributed by atoms with Crippen LogP contribution < -0.4 is 0 Å². The summed E-state index contributed by atoms with van der Waals surface area (Å²) in [6, 6.07) is 8.72. The highest BCUT2D eigenvalue weighted by Gasteiger charge is 2.07. The highest BCUT2D eigenvalue weighted by molar-refractivity contribution is 7.25. The van der Waals surface area contributed by atoms with Gasteiger partial charge in [0.2, 0.25) is 0 Å². The molecule has 0 radical (unpaired) electrons. The number of aromatic nitrogens is 1. The van der Waals surface area contributed by atoms with E-state index in [0.29, 0.717) is 0 Å². The number of benzene rings is 1. The van der Waals surface area contributed by atoms with E-state index in [1.165, 1.54) is 23.5 Å². The molecule has 3 rings (SSSR count). The quantitative estimate of drug-likeness (QED) is 0.617. The van der Waals surface area contributed by atoms with Gasteiger partial charge in [-0.15, -0.1) is 22.7 Å². The van der Waals surface area contributed by atoms with Crippen molar-refractivity contribution in [2.45, 2.75) is 0 Å². The van der Waals surface area contributed by atoms with Crippen LogP contribution in [0.25, 0.3) is 20.1 Å². The van der Waals surface area contributed by atoms with Crippen molar-refractivity contribution in [3.05, 3.63) is 41.5 Å². The Morgan fingerprint density at radius 3 is 2.93 bits per heavy atom. The summed E-state index contributed by atoms with van der Waals surface area (Å²) in [4.78, 5) is 5.59. The van der Waals surface area contributed by atoms with E-state index in [2.05, 4.69) is 4.98 Å². The summed E-state index contributed by atoms with van der Waals surface area (Å²) in [5, 5.41) is 2.98. The molecule has 0 spiro atoms. The van der Waals surface area contributed by atoms with Crippen LogP contribution in [0.5, 0.6) is 0 Å². The minimum Gasteiger partial charge on any atom is -0.235 e. The first-order chi connectivity index (χ1) is 7.33. The van der Waals surface area contributed by atoms with Crippen molar-refractivity contribution in [2.75, 3.05) is 0 Å². The normalized spacial score (nSPS) is 11.0. The van der Waals surface area contributed by atoms with Gasteiger partial charge in [0.05, 0.1) is 15.1 Å². The Morgan fingerprint density at radius 2 is 2.13 bits per heavy atom. The topological polar surface area (TPSA) is 12.9 Å². The van der Waals surface area contributed by atoms with Gasteiger partial charge in [-0.05, 0) is 29.6 Å². The van der Waals surface area contributed by atoms with E-state index in [-0.39, 0.29) is 5.82 Å². The highest BCUT2D eigenvalue weighted by Crippen LogP contribution is 2.32. The van der Waals surface area contributed by atoms with Gasteiger partial charge in [-0.25, -0.2) is 9.37 Å². The van der Waals surface area contributed by atoms with Crippen LogP contribution in [0.4, 0.5) is 4.39 Å². The van der Waals surface area contributed by atoms with Crippen molar-refractivity contribution >= 4 is 32.9 Å². The summed E-state index contributed by atoms with van der Waals surface area (Å²) in [7, 11) is 0. The molecule has 0 N–H and O–H groups in total. The molecule has 4 heteroatoms. The maximum absolute atomic E-state index is 13.0. The molecule has 0 bridgehead atoms. The van der Waals surface area contributed by atoms with Gasteiger partial charge in [0, 0.05) is 0 Å². The van der Waals surface area contributed by atoms with Crippen LogP contribution in [-0.4, -0.2) is 4.98 Å². The van der Waals surface area contributed by atoms with Crippen LogP contribution in [0.1, 0.15) is 0 Å². The standard InChI is InChI=1S/C11H6FNS2/c12-7-3-4-8-10(6-7)15-11(13-8)9-2-1-5-14-9/h1-6H. The maximum atomic E-state index is 13.0. The van der Waals surface area contributed by atoms with E-state index < -0.39 is 0 Å². The fourth-order valence-electron chi connectivity index (χ4n) is 1.40. The largest absolute Gasteiger partial charge is 0.235 e. The molecule has 2 aromatic heterocycles. The van der Waals surface area contributed by atoms with Gasteiger partial charge in [0.15, 0.2) is 0 Å². The Morgan fingerprint density at radius 1 is 1.20 bits per heavy atom. The van der Waals surface area contributed by atoms with Gasteiger partial charge < -0.3 is 0 Å². The van der Waals surface area contributed by atoms with Crippen molar-refractivity contribution < 1.29 is 4.39 Å². The lowest BCUT2D eigenvalue weighted by Crippen LogP contribution is -1.71. The number of nitrogens with zero attached hydrogens (tertiary/aromatic N) is 1. The molecular formula is C11H6FNS2. The summed E-state index contributed by atoms with van der Waals surface area (Å²) in [5.41, 5.74) is 0.866. The van der Waals surface area contributed by atoms with E-state index >= 15 is 0 Å². The third kappa shape index (κ3) is 1.56. The Hall–Kier alpha value is -1.26. The van der Waals surface area contributed by atoms with Gasteiger partial charge in [-0.2, -0.15) is 0 Å². The maximum Gasteiger partial charge on any atom is 0.134 e. The molecular weight excluding hydrogens is 229 g/mol. The lowest BCUT2D eigenvalue weighted by molar-refractivity contribution is 0.630. The van der Waals surface area contributed by atoms with Gasteiger partial charge in [0.1, 0.15) is 10.8 Å². The zero-order valence-corrected chi connectivity index (χ0v) is 9.24. The van der Waals surface area contributed by atoms with Crippen molar-refractivity contribution in [1.82, 2.24) is 4.98 Å². The van der Waals surface area contributed by atoms with Gasteiger partial charge in [-0.3, -0.25) is 0 Å². The summed E-state index contributed by atoms with van der Waals surface area (Å²) >= 11 is 3.18. The second-order valence-corrected chi connectivity index (χ2v) is 5.09. The van der Waals surface area contributed by atoms with Crippen LogP contribution in [0.2, 0.25) is 0 Å². The van der Waals surface area contributed by atoms with Crippen LogP contribution >= 0.6 is 22.7 Å². The molecule has 2 heterocycles. The number of fused-ring (bicyclic) bond motifs is 1. The molecule has 74 valence electrons. The second-order valence-electron chi connectivity index (χ2n) is 3.11. The summed E-state index contributed by atoms with van der Waals surface area (Å²) in [6.45, 7) is 0. The molecule has 3 aromatic rings. The van der Waals surface area contributed by atoms with E-state index in [4.69, 9.17) is 0 Å². The molecule has 0 aliphatic heterocycles. The predicted octanol–water partition coefficient (Wildman–Crippen LogP) is 4.16. The minimum absolute atomic E-state index is 0.205. The zero-order valence-electron chi connectivity index (χ0n) is 7.61. The molecule has 1 nitrogen and oxygen atoms in total. The average Bonchev–Trinajstić information content (AvgIpc) is 2.84. The third-order valence-electron chi connectivity index (χ3n) is 2.08. The third-order valence-corrected chi connectivity index (χ3v) is 4.14. The van der Waals surface area contributed by atoms with Crippen molar-refractivity contribution in [2.24, 2.45) is 0 Å². The van der Waals surface area contributed by atoms with E-state index in [9.17, 15) is 4.39 Å². The number of hydrogen-bond donors (Lipinski definition) is 0. The van der Waals surface area contributed by atoms with E-state index in [1.807, 2.05) is 17.5 Å². The van der Waals surface area contributed by atoms with Gasteiger partial charge in [-0.1, -0.05) is 6.07 Å². The van der Waals surface area contributed by atoms with Gasteiger partial charge in [0.25, 0.3) is 0 Å². The smallest absolute Gasteiger partial charge is 0.134 e. The van der Waals surface area contributed by atoms with Gasteiger partial charge >= 0.3 is 0 Å². The minimum atomic E-state index is -0.205. The molecule has 0 aliphatic rings. The molecule has 15 heavy (non-hydrogen) atoms. The lowest BCUT2D eigenvalue weighted by atomic mass is 10.3. The van der Waals surface area contributed by atoms with Crippen molar-refractivity contribution in [1.29, 1.82) is 0 Å².